The minimum Gasteiger partial charge on any atom is -0.368 e. The van der Waals surface area contributed by atoms with Crippen molar-refractivity contribution in [1.29, 1.82) is 0 Å². The number of carbonyl (C=O) groups excluding carboxylic acids is 1. The smallest absolute Gasteiger partial charge is 0.159 e. The van der Waals surface area contributed by atoms with Gasteiger partial charge < -0.3 is 10.2 Å². The molecule has 0 unspecified atom stereocenters. The maximum absolute atomic E-state index is 11.3. The molecule has 2 rings (SSSR count). The average molecular weight is 239 g/mol. The molecule has 1 fully saturated rings. The van der Waals surface area contributed by atoms with Crippen molar-refractivity contribution in [2.75, 3.05) is 31.1 Å². The Bertz CT molecular complexity index is 400. The molecule has 0 aromatic heterocycles. The zero-order chi connectivity index (χ0) is 11.5. The molecule has 3 nitrogen and oxygen atoms in total. The second-order valence-electron chi connectivity index (χ2n) is 3.96. The third-order valence-electron chi connectivity index (χ3n) is 2.81. The van der Waals surface area contributed by atoms with Crippen molar-refractivity contribution < 1.29 is 4.79 Å². The van der Waals surface area contributed by atoms with Crippen LogP contribution in [0.4, 0.5) is 5.69 Å². The van der Waals surface area contributed by atoms with Crippen LogP contribution in [0.1, 0.15) is 17.3 Å². The summed E-state index contributed by atoms with van der Waals surface area (Å²) in [5, 5.41) is 4.00. The number of Topliss-reactive ketones (excluding diaryl/α,β-unsaturated/α-hetero) is 1. The second kappa shape index (κ2) is 4.85. The summed E-state index contributed by atoms with van der Waals surface area (Å²) in [6.07, 6.45) is 0. The number of anilines is 1. The number of benzene rings is 1. The zero-order valence-corrected chi connectivity index (χ0v) is 10.0. The van der Waals surface area contributed by atoms with E-state index in [4.69, 9.17) is 11.6 Å². The maximum Gasteiger partial charge on any atom is 0.159 e. The molecule has 4 heteroatoms. The molecular weight excluding hydrogens is 224 g/mol. The molecule has 1 N–H and O–H groups in total. The average Bonchev–Trinajstić information content (AvgIpc) is 2.30. The number of ketones is 1. The van der Waals surface area contributed by atoms with Gasteiger partial charge in [-0.3, -0.25) is 4.79 Å². The summed E-state index contributed by atoms with van der Waals surface area (Å²) in [7, 11) is 0. The van der Waals surface area contributed by atoms with E-state index in [-0.39, 0.29) is 5.78 Å². The Hall–Kier alpha value is -1.06. The molecule has 86 valence electrons. The van der Waals surface area contributed by atoms with Gasteiger partial charge in [0.2, 0.25) is 0 Å². The molecule has 1 saturated heterocycles. The van der Waals surface area contributed by atoms with Crippen LogP contribution in [0.2, 0.25) is 5.02 Å². The third-order valence-corrected chi connectivity index (χ3v) is 3.13. The van der Waals surface area contributed by atoms with Crippen LogP contribution in [-0.4, -0.2) is 32.0 Å². The van der Waals surface area contributed by atoms with Crippen molar-refractivity contribution in [3.63, 3.8) is 0 Å². The molecule has 1 aliphatic heterocycles. The van der Waals surface area contributed by atoms with Gasteiger partial charge in [0.05, 0.1) is 10.7 Å². The molecule has 1 heterocycles. The van der Waals surface area contributed by atoms with Gasteiger partial charge in [0.1, 0.15) is 0 Å². The highest BCUT2D eigenvalue weighted by Gasteiger charge is 2.14. The van der Waals surface area contributed by atoms with E-state index in [0.717, 1.165) is 37.4 Å². The summed E-state index contributed by atoms with van der Waals surface area (Å²) in [4.78, 5) is 13.5. The van der Waals surface area contributed by atoms with Crippen LogP contribution in [0.25, 0.3) is 0 Å². The van der Waals surface area contributed by atoms with E-state index >= 15 is 0 Å². The lowest BCUT2D eigenvalue weighted by Crippen LogP contribution is -2.43. The fraction of sp³-hybridized carbons (Fsp3) is 0.417. The molecule has 0 radical (unpaired) electrons. The van der Waals surface area contributed by atoms with E-state index in [1.807, 2.05) is 6.07 Å². The summed E-state index contributed by atoms with van der Waals surface area (Å²) < 4.78 is 0. The van der Waals surface area contributed by atoms with Crippen molar-refractivity contribution >= 4 is 23.1 Å². The molecule has 0 atom stereocenters. The number of carbonyl (C=O) groups is 1. The standard InChI is InChI=1S/C12H15ClN2O/c1-9(16)10-2-3-11(13)12(8-10)15-6-4-14-5-7-15/h2-3,8,14H,4-7H2,1H3. The fourth-order valence-electron chi connectivity index (χ4n) is 1.88. The van der Waals surface area contributed by atoms with Crippen LogP contribution < -0.4 is 10.2 Å². The van der Waals surface area contributed by atoms with E-state index in [1.54, 1.807) is 19.1 Å². The predicted octanol–water partition coefficient (Wildman–Crippen LogP) is 1.95. The largest absolute Gasteiger partial charge is 0.368 e. The summed E-state index contributed by atoms with van der Waals surface area (Å²) in [6, 6.07) is 5.46. The van der Waals surface area contributed by atoms with Crippen molar-refractivity contribution in [2.24, 2.45) is 0 Å². The Morgan fingerprint density at radius 1 is 1.38 bits per heavy atom. The van der Waals surface area contributed by atoms with Gasteiger partial charge in [-0.25, -0.2) is 0 Å². The molecule has 0 bridgehead atoms. The predicted molar refractivity (Wildman–Crippen MR) is 66.5 cm³/mol. The van der Waals surface area contributed by atoms with Crippen LogP contribution in [-0.2, 0) is 0 Å². The topological polar surface area (TPSA) is 32.3 Å². The summed E-state index contributed by atoms with van der Waals surface area (Å²) in [5.41, 5.74) is 1.69. The van der Waals surface area contributed by atoms with Gasteiger partial charge in [-0.2, -0.15) is 0 Å². The van der Waals surface area contributed by atoms with Crippen molar-refractivity contribution in [3.05, 3.63) is 28.8 Å². The Morgan fingerprint density at radius 3 is 2.69 bits per heavy atom. The Kier molecular flexibility index (Phi) is 3.46. The Morgan fingerprint density at radius 2 is 2.06 bits per heavy atom. The van der Waals surface area contributed by atoms with Gasteiger partial charge in [-0.05, 0) is 25.1 Å². The number of nitrogens with one attached hydrogen (secondary N) is 1. The van der Waals surface area contributed by atoms with Gasteiger partial charge in [-0.15, -0.1) is 0 Å². The monoisotopic (exact) mass is 238 g/mol. The lowest BCUT2D eigenvalue weighted by Gasteiger charge is -2.30. The summed E-state index contributed by atoms with van der Waals surface area (Å²) in [5.74, 6) is 0.0769. The van der Waals surface area contributed by atoms with Crippen LogP contribution in [0.3, 0.4) is 0 Å². The highest BCUT2D eigenvalue weighted by atomic mass is 35.5. The summed E-state index contributed by atoms with van der Waals surface area (Å²) >= 11 is 6.16. The molecule has 16 heavy (non-hydrogen) atoms. The lowest BCUT2D eigenvalue weighted by molar-refractivity contribution is 0.101. The molecule has 1 aromatic rings. The molecule has 0 aliphatic carbocycles. The van der Waals surface area contributed by atoms with E-state index in [9.17, 15) is 4.79 Å². The highest BCUT2D eigenvalue weighted by Crippen LogP contribution is 2.27. The normalized spacial score (nSPS) is 16.2. The number of halogens is 1. The van der Waals surface area contributed by atoms with Gasteiger partial charge in [0, 0.05) is 31.7 Å². The number of hydrogen-bond donors (Lipinski definition) is 1. The van der Waals surface area contributed by atoms with E-state index in [1.165, 1.54) is 0 Å². The molecule has 0 spiro atoms. The van der Waals surface area contributed by atoms with Gasteiger partial charge in [0.15, 0.2) is 5.78 Å². The SMILES string of the molecule is CC(=O)c1ccc(Cl)c(N2CCNCC2)c1. The lowest BCUT2D eigenvalue weighted by atomic mass is 10.1. The van der Waals surface area contributed by atoms with E-state index in [2.05, 4.69) is 10.2 Å². The first kappa shape index (κ1) is 11.4. The van der Waals surface area contributed by atoms with Crippen molar-refractivity contribution in [2.45, 2.75) is 6.92 Å². The molecule has 1 aromatic carbocycles. The Labute approximate surface area is 100 Å². The number of piperazine rings is 1. The van der Waals surface area contributed by atoms with Crippen LogP contribution >= 0.6 is 11.6 Å². The van der Waals surface area contributed by atoms with Gasteiger partial charge in [-0.1, -0.05) is 11.6 Å². The second-order valence-corrected chi connectivity index (χ2v) is 4.37. The number of nitrogens with zero attached hydrogens (tertiary/aromatic N) is 1. The first-order valence-corrected chi connectivity index (χ1v) is 5.82. The van der Waals surface area contributed by atoms with Crippen LogP contribution in [0, 0.1) is 0 Å². The summed E-state index contributed by atoms with van der Waals surface area (Å²) in [6.45, 7) is 5.36. The molecular formula is C12H15ClN2O. The minimum absolute atomic E-state index is 0.0769. The molecule has 0 saturated carbocycles. The first-order chi connectivity index (χ1) is 7.68. The third kappa shape index (κ3) is 2.36. The molecule has 0 amide bonds. The number of rotatable bonds is 2. The maximum atomic E-state index is 11.3. The van der Waals surface area contributed by atoms with Crippen LogP contribution in [0.5, 0.6) is 0 Å². The Balaban J connectivity index is 2.30. The van der Waals surface area contributed by atoms with Crippen molar-refractivity contribution in [1.82, 2.24) is 5.32 Å². The van der Waals surface area contributed by atoms with Crippen LogP contribution in [0.15, 0.2) is 18.2 Å². The van der Waals surface area contributed by atoms with E-state index < -0.39 is 0 Å². The fourth-order valence-corrected chi connectivity index (χ4v) is 2.12. The van der Waals surface area contributed by atoms with Gasteiger partial charge >= 0.3 is 0 Å². The highest BCUT2D eigenvalue weighted by molar-refractivity contribution is 6.33. The molecule has 1 aliphatic rings. The van der Waals surface area contributed by atoms with Crippen molar-refractivity contribution in [3.8, 4) is 0 Å². The quantitative estimate of drug-likeness (QED) is 0.800. The zero-order valence-electron chi connectivity index (χ0n) is 9.29. The van der Waals surface area contributed by atoms with Gasteiger partial charge in [0.25, 0.3) is 0 Å². The van der Waals surface area contributed by atoms with E-state index in [0.29, 0.717) is 5.02 Å². The number of hydrogen-bond acceptors (Lipinski definition) is 3. The minimum atomic E-state index is 0.0769. The first-order valence-electron chi connectivity index (χ1n) is 5.44.